The molecule has 0 bridgehead atoms. The number of halogens is 1. The first-order valence-corrected chi connectivity index (χ1v) is 7.88. The van der Waals surface area contributed by atoms with Gasteiger partial charge >= 0.3 is 0 Å². The van der Waals surface area contributed by atoms with Crippen molar-refractivity contribution in [3.05, 3.63) is 22.7 Å². The highest BCUT2D eigenvalue weighted by Gasteiger charge is 2.37. The molecular formula is C11H15BrN2O3S. The first-order chi connectivity index (χ1) is 8.46. The Morgan fingerprint density at radius 1 is 1.44 bits per heavy atom. The Hall–Kier alpha value is -0.630. The third-order valence-electron chi connectivity index (χ3n) is 2.85. The second kappa shape index (κ2) is 5.16. The van der Waals surface area contributed by atoms with Gasteiger partial charge in [0.15, 0.2) is 0 Å². The van der Waals surface area contributed by atoms with Crippen LogP contribution in [0.4, 0.5) is 5.69 Å². The lowest BCUT2D eigenvalue weighted by Crippen LogP contribution is -2.35. The van der Waals surface area contributed by atoms with E-state index in [9.17, 15) is 8.42 Å². The largest absolute Gasteiger partial charge is 0.398 e. The van der Waals surface area contributed by atoms with Crippen LogP contribution in [0.2, 0.25) is 0 Å². The molecule has 1 saturated carbocycles. The highest BCUT2D eigenvalue weighted by molar-refractivity contribution is 9.10. The first-order valence-electron chi connectivity index (χ1n) is 5.64. The van der Waals surface area contributed by atoms with Gasteiger partial charge in [0.2, 0.25) is 10.0 Å². The predicted octanol–water partition coefficient (Wildman–Crippen LogP) is 1.18. The van der Waals surface area contributed by atoms with Crippen molar-refractivity contribution in [2.45, 2.75) is 23.8 Å². The van der Waals surface area contributed by atoms with E-state index < -0.39 is 10.0 Å². The van der Waals surface area contributed by atoms with Crippen LogP contribution in [0.25, 0.3) is 0 Å². The van der Waals surface area contributed by atoms with Gasteiger partial charge < -0.3 is 10.8 Å². The smallest absolute Gasteiger partial charge is 0.243 e. The maximum atomic E-state index is 12.4. The van der Waals surface area contributed by atoms with E-state index in [1.54, 1.807) is 6.07 Å². The maximum absolute atomic E-state index is 12.4. The van der Waals surface area contributed by atoms with E-state index in [0.717, 1.165) is 12.8 Å². The van der Waals surface area contributed by atoms with Gasteiger partial charge in [0, 0.05) is 22.7 Å². The van der Waals surface area contributed by atoms with Crippen molar-refractivity contribution in [1.29, 1.82) is 0 Å². The quantitative estimate of drug-likeness (QED) is 0.792. The van der Waals surface area contributed by atoms with E-state index in [1.807, 2.05) is 0 Å². The number of nitrogen functional groups attached to an aromatic ring is 1. The van der Waals surface area contributed by atoms with Crippen molar-refractivity contribution >= 4 is 31.6 Å². The highest BCUT2D eigenvalue weighted by Crippen LogP contribution is 2.33. The van der Waals surface area contributed by atoms with Crippen molar-refractivity contribution < 1.29 is 13.5 Å². The minimum absolute atomic E-state index is 0.0204. The van der Waals surface area contributed by atoms with Crippen molar-refractivity contribution in [3.63, 3.8) is 0 Å². The predicted molar refractivity (Wildman–Crippen MR) is 72.6 cm³/mol. The summed E-state index contributed by atoms with van der Waals surface area (Å²) >= 11 is 3.23. The lowest BCUT2D eigenvalue weighted by Gasteiger charge is -2.21. The molecule has 3 N–H and O–H groups in total. The Kier molecular flexibility index (Phi) is 3.96. The number of nitrogens with two attached hydrogens (primary N) is 1. The summed E-state index contributed by atoms with van der Waals surface area (Å²) in [5.41, 5.74) is 6.09. The number of aliphatic hydroxyl groups is 1. The topological polar surface area (TPSA) is 83.6 Å². The molecule has 2 rings (SSSR count). The zero-order valence-corrected chi connectivity index (χ0v) is 12.1. The zero-order chi connectivity index (χ0) is 13.3. The fourth-order valence-corrected chi connectivity index (χ4v) is 3.74. The summed E-state index contributed by atoms with van der Waals surface area (Å²) in [7, 11) is -3.57. The van der Waals surface area contributed by atoms with Gasteiger partial charge in [-0.3, -0.25) is 0 Å². The van der Waals surface area contributed by atoms with E-state index >= 15 is 0 Å². The van der Waals surface area contributed by atoms with Gasteiger partial charge in [0.25, 0.3) is 0 Å². The minimum Gasteiger partial charge on any atom is -0.398 e. The second-order valence-corrected chi connectivity index (χ2v) is 7.00. The molecule has 0 radical (unpaired) electrons. The van der Waals surface area contributed by atoms with Crippen LogP contribution >= 0.6 is 15.9 Å². The van der Waals surface area contributed by atoms with Crippen molar-refractivity contribution in [1.82, 2.24) is 4.31 Å². The van der Waals surface area contributed by atoms with Crippen LogP contribution in [0.5, 0.6) is 0 Å². The third-order valence-corrected chi connectivity index (χ3v) is 5.52. The van der Waals surface area contributed by atoms with Gasteiger partial charge in [0.1, 0.15) is 0 Å². The zero-order valence-electron chi connectivity index (χ0n) is 9.71. The number of benzene rings is 1. The molecule has 1 aliphatic rings. The normalized spacial score (nSPS) is 16.2. The number of hydrogen-bond donors (Lipinski definition) is 2. The second-order valence-electron chi connectivity index (χ2n) is 4.25. The molecule has 7 heteroatoms. The molecule has 18 heavy (non-hydrogen) atoms. The van der Waals surface area contributed by atoms with E-state index in [4.69, 9.17) is 10.8 Å². The molecule has 1 aromatic rings. The number of sulfonamides is 1. The van der Waals surface area contributed by atoms with Gasteiger partial charge in [0.05, 0.1) is 11.5 Å². The molecular weight excluding hydrogens is 320 g/mol. The van der Waals surface area contributed by atoms with Crippen LogP contribution in [-0.2, 0) is 10.0 Å². The summed E-state index contributed by atoms with van der Waals surface area (Å²) < 4.78 is 26.8. The first kappa shape index (κ1) is 13.8. The standard InChI is InChI=1S/C11H15BrN2O3S/c12-10-4-3-9(7-11(10)13)18(16,17)14(5-6-15)8-1-2-8/h3-4,7-8,15H,1-2,5-6,13H2. The fraction of sp³-hybridized carbons (Fsp3) is 0.455. The van der Waals surface area contributed by atoms with Crippen LogP contribution in [0.15, 0.2) is 27.6 Å². The maximum Gasteiger partial charge on any atom is 0.243 e. The number of rotatable bonds is 5. The molecule has 0 heterocycles. The van der Waals surface area contributed by atoms with Gasteiger partial charge in [-0.1, -0.05) is 0 Å². The molecule has 100 valence electrons. The molecule has 0 amide bonds. The Bertz CT molecular complexity index is 543. The minimum atomic E-state index is -3.57. The number of anilines is 1. The van der Waals surface area contributed by atoms with Crippen molar-refractivity contribution in [2.24, 2.45) is 0 Å². The Morgan fingerprint density at radius 2 is 2.11 bits per heavy atom. The lowest BCUT2D eigenvalue weighted by atomic mass is 10.3. The van der Waals surface area contributed by atoms with Crippen molar-refractivity contribution in [3.8, 4) is 0 Å². The molecule has 0 aromatic heterocycles. The molecule has 0 spiro atoms. The average molecular weight is 335 g/mol. The molecule has 1 aliphatic carbocycles. The van der Waals surface area contributed by atoms with Crippen LogP contribution in [0.1, 0.15) is 12.8 Å². The van der Waals surface area contributed by atoms with E-state index in [1.165, 1.54) is 16.4 Å². The van der Waals surface area contributed by atoms with E-state index in [2.05, 4.69) is 15.9 Å². The van der Waals surface area contributed by atoms with Gasteiger partial charge in [-0.15, -0.1) is 0 Å². The van der Waals surface area contributed by atoms with Crippen LogP contribution in [-0.4, -0.2) is 37.0 Å². The third kappa shape index (κ3) is 2.69. The van der Waals surface area contributed by atoms with Crippen LogP contribution in [0.3, 0.4) is 0 Å². The van der Waals surface area contributed by atoms with Crippen LogP contribution in [0, 0.1) is 0 Å². The summed E-state index contributed by atoms with van der Waals surface area (Å²) in [5, 5.41) is 8.98. The molecule has 5 nitrogen and oxygen atoms in total. The van der Waals surface area contributed by atoms with Crippen molar-refractivity contribution in [2.75, 3.05) is 18.9 Å². The molecule has 0 aliphatic heterocycles. The molecule has 1 fully saturated rings. The Morgan fingerprint density at radius 3 is 2.61 bits per heavy atom. The van der Waals surface area contributed by atoms with Gasteiger partial charge in [-0.2, -0.15) is 4.31 Å². The molecule has 0 saturated heterocycles. The van der Waals surface area contributed by atoms with E-state index in [-0.39, 0.29) is 24.1 Å². The summed E-state index contributed by atoms with van der Waals surface area (Å²) in [4.78, 5) is 0.170. The van der Waals surface area contributed by atoms with Crippen LogP contribution < -0.4 is 5.73 Å². The fourth-order valence-electron chi connectivity index (χ4n) is 1.78. The summed E-state index contributed by atoms with van der Waals surface area (Å²) in [6.45, 7) is -0.0509. The highest BCUT2D eigenvalue weighted by atomic mass is 79.9. The average Bonchev–Trinajstić information content (AvgIpc) is 3.13. The molecule has 0 unspecified atom stereocenters. The number of aliphatic hydroxyl groups excluding tert-OH is 1. The summed E-state index contributed by atoms with van der Waals surface area (Å²) in [5.74, 6) is 0. The molecule has 0 atom stereocenters. The summed E-state index contributed by atoms with van der Waals surface area (Å²) in [6.07, 6.45) is 1.70. The summed E-state index contributed by atoms with van der Waals surface area (Å²) in [6, 6.07) is 4.59. The number of nitrogens with zero attached hydrogens (tertiary/aromatic N) is 1. The Labute approximate surface area is 115 Å². The van der Waals surface area contributed by atoms with E-state index in [0.29, 0.717) is 10.2 Å². The lowest BCUT2D eigenvalue weighted by molar-refractivity contribution is 0.250. The monoisotopic (exact) mass is 334 g/mol. The molecule has 1 aromatic carbocycles. The van der Waals surface area contributed by atoms with Gasteiger partial charge in [-0.25, -0.2) is 8.42 Å². The Balaban J connectivity index is 2.36. The van der Waals surface area contributed by atoms with Gasteiger partial charge in [-0.05, 0) is 47.0 Å². The SMILES string of the molecule is Nc1cc(S(=O)(=O)N(CCO)C2CC2)ccc1Br. The number of hydrogen-bond acceptors (Lipinski definition) is 4.